The lowest BCUT2D eigenvalue weighted by Crippen LogP contribution is -2.09. The number of rotatable bonds is 5. The molecule has 0 amide bonds. The third-order valence-electron chi connectivity index (χ3n) is 3.60. The maximum atomic E-state index is 4.29. The molecule has 0 saturated heterocycles. The van der Waals surface area contributed by atoms with Crippen molar-refractivity contribution in [2.45, 2.75) is 6.92 Å². The number of hydrogen-bond donors (Lipinski definition) is 0. The van der Waals surface area contributed by atoms with E-state index in [0.29, 0.717) is 0 Å². The highest BCUT2D eigenvalue weighted by Crippen LogP contribution is 2.33. The van der Waals surface area contributed by atoms with Crippen molar-refractivity contribution in [3.05, 3.63) is 90.5 Å². The van der Waals surface area contributed by atoms with Gasteiger partial charge in [0.2, 0.25) is 0 Å². The molecule has 0 saturated carbocycles. The van der Waals surface area contributed by atoms with Gasteiger partial charge in [0.15, 0.2) is 0 Å². The molecule has 2 heteroatoms. The zero-order chi connectivity index (χ0) is 15.9. The van der Waals surface area contributed by atoms with Gasteiger partial charge in [0, 0.05) is 29.8 Å². The van der Waals surface area contributed by atoms with Crippen LogP contribution >= 0.6 is 0 Å². The van der Waals surface area contributed by atoms with E-state index < -0.39 is 0 Å². The first kappa shape index (κ1) is 15.0. The average molecular weight is 300 g/mol. The molecule has 3 aromatic carbocycles. The summed E-state index contributed by atoms with van der Waals surface area (Å²) in [5.41, 5.74) is 4.55. The first-order valence-corrected chi connectivity index (χ1v) is 7.88. The van der Waals surface area contributed by atoms with Crippen LogP contribution in [0.1, 0.15) is 12.5 Å². The smallest absolute Gasteiger partial charge is 0.0462 e. The molecule has 0 bridgehead atoms. The second-order valence-electron chi connectivity index (χ2n) is 5.23. The quantitative estimate of drug-likeness (QED) is 0.560. The molecule has 0 aliphatic heterocycles. The van der Waals surface area contributed by atoms with Gasteiger partial charge in [0.1, 0.15) is 0 Å². The van der Waals surface area contributed by atoms with Gasteiger partial charge in [-0.05, 0) is 48.9 Å². The fourth-order valence-corrected chi connectivity index (χ4v) is 2.51. The summed E-state index contributed by atoms with van der Waals surface area (Å²) >= 11 is 0. The van der Waals surface area contributed by atoms with Gasteiger partial charge < -0.3 is 4.90 Å². The Kier molecular flexibility index (Phi) is 4.85. The first-order valence-electron chi connectivity index (χ1n) is 7.88. The normalized spacial score (nSPS) is 10.8. The van der Waals surface area contributed by atoms with Gasteiger partial charge in [-0.1, -0.05) is 48.5 Å². The zero-order valence-electron chi connectivity index (χ0n) is 13.3. The van der Waals surface area contributed by atoms with Crippen LogP contribution in [0.25, 0.3) is 0 Å². The molecule has 2 nitrogen and oxygen atoms in total. The van der Waals surface area contributed by atoms with Crippen LogP contribution in [0, 0.1) is 0 Å². The summed E-state index contributed by atoms with van der Waals surface area (Å²) in [5, 5.41) is 0. The Hall–Kier alpha value is -2.87. The van der Waals surface area contributed by atoms with Crippen LogP contribution < -0.4 is 4.90 Å². The first-order chi connectivity index (χ1) is 11.4. The number of aliphatic imine (C=N–C) groups is 1. The van der Waals surface area contributed by atoms with Gasteiger partial charge in [-0.2, -0.15) is 0 Å². The molecule has 0 fully saturated rings. The molecule has 0 aromatic heterocycles. The van der Waals surface area contributed by atoms with Gasteiger partial charge in [0.25, 0.3) is 0 Å². The second-order valence-corrected chi connectivity index (χ2v) is 5.23. The molecule has 23 heavy (non-hydrogen) atoms. The molecule has 114 valence electrons. The average Bonchev–Trinajstić information content (AvgIpc) is 2.63. The Labute approximate surface area is 137 Å². The summed E-state index contributed by atoms with van der Waals surface area (Å²) in [5.74, 6) is 0. The maximum Gasteiger partial charge on any atom is 0.0462 e. The van der Waals surface area contributed by atoms with E-state index in [1.807, 2.05) is 25.3 Å². The molecule has 0 atom stereocenters. The second kappa shape index (κ2) is 7.41. The van der Waals surface area contributed by atoms with Crippen molar-refractivity contribution >= 4 is 23.3 Å². The minimum Gasteiger partial charge on any atom is -0.311 e. The highest BCUT2D eigenvalue weighted by atomic mass is 15.1. The van der Waals surface area contributed by atoms with E-state index in [0.717, 1.165) is 29.2 Å². The predicted octanol–water partition coefficient (Wildman–Crippen LogP) is 5.60. The third kappa shape index (κ3) is 3.67. The molecular weight excluding hydrogens is 280 g/mol. The van der Waals surface area contributed by atoms with Crippen LogP contribution in [-0.4, -0.2) is 12.8 Å². The fraction of sp³-hybridized carbons (Fsp3) is 0.0952. The van der Waals surface area contributed by atoms with E-state index >= 15 is 0 Å². The minimum absolute atomic E-state index is 0.807. The highest BCUT2D eigenvalue weighted by Gasteiger charge is 2.11. The van der Waals surface area contributed by atoms with Gasteiger partial charge in [-0.3, -0.25) is 4.99 Å². The van der Waals surface area contributed by atoms with Crippen molar-refractivity contribution in [3.63, 3.8) is 0 Å². The summed E-state index contributed by atoms with van der Waals surface area (Å²) in [7, 11) is 0. The summed E-state index contributed by atoms with van der Waals surface area (Å²) in [6.07, 6.45) is 1.92. The van der Waals surface area contributed by atoms with E-state index in [4.69, 9.17) is 0 Å². The SMILES string of the molecule is CCN=Cc1ccc(N(c2ccccc2)c2ccccc2)cc1. The van der Waals surface area contributed by atoms with Gasteiger partial charge in [0.05, 0.1) is 0 Å². The zero-order valence-corrected chi connectivity index (χ0v) is 13.3. The number of anilines is 3. The number of nitrogens with zero attached hydrogens (tertiary/aromatic N) is 2. The Morgan fingerprint density at radius 3 is 1.65 bits per heavy atom. The van der Waals surface area contributed by atoms with E-state index in [2.05, 4.69) is 82.7 Å². The van der Waals surface area contributed by atoms with Crippen LogP contribution in [0.3, 0.4) is 0 Å². The van der Waals surface area contributed by atoms with E-state index in [1.54, 1.807) is 0 Å². The molecular formula is C21H20N2. The van der Waals surface area contributed by atoms with Crippen molar-refractivity contribution in [3.8, 4) is 0 Å². The van der Waals surface area contributed by atoms with Crippen molar-refractivity contribution < 1.29 is 0 Å². The van der Waals surface area contributed by atoms with Gasteiger partial charge in [-0.25, -0.2) is 0 Å². The fourth-order valence-electron chi connectivity index (χ4n) is 2.51. The molecule has 0 N–H and O–H groups in total. The number of hydrogen-bond acceptors (Lipinski definition) is 2. The molecule has 3 aromatic rings. The lowest BCUT2D eigenvalue weighted by molar-refractivity contribution is 1.14. The van der Waals surface area contributed by atoms with Crippen molar-refractivity contribution in [1.82, 2.24) is 0 Å². The van der Waals surface area contributed by atoms with E-state index in [1.165, 1.54) is 0 Å². The largest absolute Gasteiger partial charge is 0.311 e. The summed E-state index contributed by atoms with van der Waals surface area (Å²) in [6, 6.07) is 29.3. The molecule has 0 aliphatic rings. The molecule has 3 rings (SSSR count). The van der Waals surface area contributed by atoms with E-state index in [9.17, 15) is 0 Å². The van der Waals surface area contributed by atoms with Gasteiger partial charge in [-0.15, -0.1) is 0 Å². The Morgan fingerprint density at radius 2 is 1.17 bits per heavy atom. The van der Waals surface area contributed by atoms with Crippen LogP contribution in [-0.2, 0) is 0 Å². The lowest BCUT2D eigenvalue weighted by atomic mass is 10.1. The lowest BCUT2D eigenvalue weighted by Gasteiger charge is -2.25. The van der Waals surface area contributed by atoms with Crippen molar-refractivity contribution in [1.29, 1.82) is 0 Å². The topological polar surface area (TPSA) is 15.6 Å². The van der Waals surface area contributed by atoms with Crippen LogP contribution in [0.2, 0.25) is 0 Å². The minimum atomic E-state index is 0.807. The predicted molar refractivity (Wildman–Crippen MR) is 99.3 cm³/mol. The molecule has 0 unspecified atom stereocenters. The number of benzene rings is 3. The standard InChI is InChI=1S/C21H20N2/c1-2-22-17-18-13-15-21(16-14-18)23(19-9-5-3-6-10-19)20-11-7-4-8-12-20/h3-17H,2H2,1H3. The van der Waals surface area contributed by atoms with Crippen molar-refractivity contribution in [2.75, 3.05) is 11.4 Å². The molecule has 0 heterocycles. The van der Waals surface area contributed by atoms with Crippen LogP contribution in [0.5, 0.6) is 0 Å². The van der Waals surface area contributed by atoms with E-state index in [-0.39, 0.29) is 0 Å². The Bertz CT molecular complexity index is 707. The van der Waals surface area contributed by atoms with Crippen LogP contribution in [0.4, 0.5) is 17.1 Å². The van der Waals surface area contributed by atoms with Crippen LogP contribution in [0.15, 0.2) is 89.9 Å². The maximum absolute atomic E-state index is 4.29. The number of para-hydroxylation sites is 2. The summed E-state index contributed by atoms with van der Waals surface area (Å²) in [6.45, 7) is 2.85. The molecule has 0 spiro atoms. The van der Waals surface area contributed by atoms with Crippen molar-refractivity contribution in [2.24, 2.45) is 4.99 Å². The highest BCUT2D eigenvalue weighted by molar-refractivity contribution is 5.82. The Balaban J connectivity index is 2.00. The Morgan fingerprint density at radius 1 is 0.696 bits per heavy atom. The molecule has 0 radical (unpaired) electrons. The third-order valence-corrected chi connectivity index (χ3v) is 3.60. The summed E-state index contributed by atoms with van der Waals surface area (Å²) < 4.78 is 0. The molecule has 0 aliphatic carbocycles. The summed E-state index contributed by atoms with van der Waals surface area (Å²) in [4.78, 5) is 6.55. The monoisotopic (exact) mass is 300 g/mol. The van der Waals surface area contributed by atoms with Gasteiger partial charge >= 0.3 is 0 Å².